The van der Waals surface area contributed by atoms with Crippen LogP contribution < -0.4 is 18.9 Å². The van der Waals surface area contributed by atoms with Crippen LogP contribution in [0, 0.1) is 0 Å². The van der Waals surface area contributed by atoms with Gasteiger partial charge in [-0.25, -0.2) is 0 Å². The summed E-state index contributed by atoms with van der Waals surface area (Å²) in [6.45, 7) is 0. The van der Waals surface area contributed by atoms with E-state index in [-0.39, 0.29) is 4.62 Å². The molecule has 0 saturated carbocycles. The Balaban J connectivity index is 3.60. The van der Waals surface area contributed by atoms with Crippen LogP contribution in [0.25, 0.3) is 0 Å². The van der Waals surface area contributed by atoms with Gasteiger partial charge in [-0.1, -0.05) is 0 Å². The predicted molar refractivity (Wildman–Crippen MR) is 62.7 cm³/mol. The maximum atomic E-state index is 11.5. The van der Waals surface area contributed by atoms with Crippen LogP contribution in [0.3, 0.4) is 0 Å². The van der Waals surface area contributed by atoms with E-state index in [1.54, 1.807) is 6.07 Å². The number of hydrogen-bond donors (Lipinski definition) is 0. The summed E-state index contributed by atoms with van der Waals surface area (Å²) >= 11 is 1.45. The van der Waals surface area contributed by atoms with Gasteiger partial charge in [-0.2, -0.15) is 0 Å². The monoisotopic (exact) mass is 299 g/mol. The Labute approximate surface area is 108 Å². The van der Waals surface area contributed by atoms with Gasteiger partial charge in [0.2, 0.25) is 0 Å². The van der Waals surface area contributed by atoms with E-state index in [1.165, 1.54) is 45.0 Å². The number of rotatable bonds is 5. The van der Waals surface area contributed by atoms with Crippen molar-refractivity contribution in [3.8, 4) is 23.0 Å². The molecule has 0 N–H and O–H groups in total. The second-order valence-corrected chi connectivity index (χ2v) is 4.01. The average molecular weight is 298 g/mol. The third-order valence-corrected chi connectivity index (χ3v) is 2.80. The molecule has 0 unspecified atom stereocenters. The Morgan fingerprint density at radius 1 is 0.941 bits per heavy atom. The molecule has 1 aromatic carbocycles. The van der Waals surface area contributed by atoms with E-state index in [4.69, 9.17) is 18.9 Å². The topological polar surface area (TPSA) is 54.0 Å². The molecule has 0 heterocycles. The minimum atomic E-state index is -0.138. The number of carbonyl (C=O) groups is 1. The molecule has 0 saturated heterocycles. The summed E-state index contributed by atoms with van der Waals surface area (Å²) < 4.78 is 20.6. The molecule has 0 spiro atoms. The summed E-state index contributed by atoms with van der Waals surface area (Å²) in [6, 6.07) is 1.57. The molecule has 6 heteroatoms. The molecule has 0 aliphatic rings. The molecule has 3 radical (unpaired) electrons. The van der Waals surface area contributed by atoms with Crippen molar-refractivity contribution in [1.29, 1.82) is 0 Å². The quantitative estimate of drug-likeness (QED) is 0.760. The summed E-state index contributed by atoms with van der Waals surface area (Å²) in [5.74, 6) is 1.52. The van der Waals surface area contributed by atoms with Gasteiger partial charge in [-0.15, -0.1) is 0 Å². The van der Waals surface area contributed by atoms with Crippen LogP contribution >= 0.6 is 0 Å². The number of carbonyl (C=O) groups excluding carboxylic acids is 1. The molecular formula is C11H13GeO5. The number of hydrogen-bond acceptors (Lipinski definition) is 5. The first-order valence-electron chi connectivity index (χ1n) is 4.73. The molecule has 0 amide bonds. The standard InChI is InChI=1S/C11H13GeO5/c1-14-7-5-6(11(12)13)8(15-2)10(17-4)9(7)16-3/h5H,1-4H3. The Morgan fingerprint density at radius 2 is 1.47 bits per heavy atom. The molecule has 5 nitrogen and oxygen atoms in total. The van der Waals surface area contributed by atoms with Crippen molar-refractivity contribution >= 4 is 21.1 Å². The zero-order chi connectivity index (χ0) is 13.0. The Bertz CT molecular complexity index is 430. The van der Waals surface area contributed by atoms with Crippen LogP contribution in [0.5, 0.6) is 23.0 Å². The second-order valence-electron chi connectivity index (χ2n) is 3.06. The Kier molecular flexibility index (Phi) is 4.68. The van der Waals surface area contributed by atoms with E-state index < -0.39 is 0 Å². The van der Waals surface area contributed by atoms with Crippen molar-refractivity contribution < 1.29 is 23.7 Å². The van der Waals surface area contributed by atoms with Gasteiger partial charge in [0.25, 0.3) is 0 Å². The predicted octanol–water partition coefficient (Wildman–Crippen LogP) is 1.03. The molecule has 0 atom stereocenters. The summed E-state index contributed by atoms with van der Waals surface area (Å²) in [7, 11) is 5.93. The Hall–Kier alpha value is -1.37. The van der Waals surface area contributed by atoms with Gasteiger partial charge >= 0.3 is 108 Å². The molecule has 0 bridgehead atoms. The molecule has 0 aliphatic heterocycles. The summed E-state index contributed by atoms with van der Waals surface area (Å²) in [5, 5.41) is 0. The van der Waals surface area contributed by atoms with Crippen LogP contribution in [0.4, 0.5) is 0 Å². The molecule has 1 rings (SSSR count). The maximum absolute atomic E-state index is 11.5. The van der Waals surface area contributed by atoms with Crippen LogP contribution in [0.1, 0.15) is 10.4 Å². The Morgan fingerprint density at radius 3 is 1.82 bits per heavy atom. The van der Waals surface area contributed by atoms with Gasteiger partial charge < -0.3 is 0 Å². The van der Waals surface area contributed by atoms with E-state index in [1.807, 2.05) is 0 Å². The first-order valence-corrected chi connectivity index (χ1v) is 5.78. The van der Waals surface area contributed by atoms with Gasteiger partial charge in [0.1, 0.15) is 0 Å². The van der Waals surface area contributed by atoms with Gasteiger partial charge in [0, 0.05) is 0 Å². The average Bonchev–Trinajstić information content (AvgIpc) is 2.35. The summed E-state index contributed by atoms with van der Waals surface area (Å²) in [6.07, 6.45) is 0. The molecule has 0 aromatic heterocycles. The summed E-state index contributed by atoms with van der Waals surface area (Å²) in [4.78, 5) is 11.5. The van der Waals surface area contributed by atoms with Crippen LogP contribution in [-0.4, -0.2) is 49.6 Å². The zero-order valence-electron chi connectivity index (χ0n) is 10.1. The first kappa shape index (κ1) is 13.7. The van der Waals surface area contributed by atoms with Crippen molar-refractivity contribution in [3.05, 3.63) is 11.6 Å². The van der Waals surface area contributed by atoms with E-state index >= 15 is 0 Å². The first-order chi connectivity index (χ1) is 8.10. The van der Waals surface area contributed by atoms with Crippen LogP contribution in [0.2, 0.25) is 0 Å². The fourth-order valence-corrected chi connectivity index (χ4v) is 1.89. The van der Waals surface area contributed by atoms with Crippen LogP contribution in [0.15, 0.2) is 6.07 Å². The van der Waals surface area contributed by atoms with E-state index in [9.17, 15) is 4.79 Å². The molecule has 0 aliphatic carbocycles. The SMILES string of the molecule is COc1cc([C](=O)[Ge])c(OC)c(OC)c1OC. The van der Waals surface area contributed by atoms with E-state index in [2.05, 4.69) is 0 Å². The van der Waals surface area contributed by atoms with Gasteiger partial charge in [-0.05, 0) is 0 Å². The second kappa shape index (κ2) is 5.81. The van der Waals surface area contributed by atoms with Gasteiger partial charge in [0.05, 0.1) is 0 Å². The fraction of sp³-hybridized carbons (Fsp3) is 0.364. The normalized spacial score (nSPS) is 9.71. The van der Waals surface area contributed by atoms with Crippen molar-refractivity contribution in [2.45, 2.75) is 0 Å². The van der Waals surface area contributed by atoms with Crippen molar-refractivity contribution in [1.82, 2.24) is 0 Å². The number of methoxy groups -OCH3 is 4. The molecular weight excluding hydrogens is 285 g/mol. The fourth-order valence-electron chi connectivity index (χ4n) is 1.50. The molecule has 17 heavy (non-hydrogen) atoms. The van der Waals surface area contributed by atoms with Crippen molar-refractivity contribution in [2.75, 3.05) is 28.4 Å². The van der Waals surface area contributed by atoms with Crippen LogP contribution in [-0.2, 0) is 0 Å². The third-order valence-electron chi connectivity index (χ3n) is 2.23. The summed E-state index contributed by atoms with van der Waals surface area (Å²) in [5.41, 5.74) is 0.391. The van der Waals surface area contributed by atoms with Gasteiger partial charge in [-0.3, -0.25) is 0 Å². The molecule has 0 fully saturated rings. The number of benzene rings is 1. The third kappa shape index (κ3) is 2.49. The van der Waals surface area contributed by atoms with Gasteiger partial charge in [0.15, 0.2) is 0 Å². The zero-order valence-corrected chi connectivity index (χ0v) is 12.2. The number of ether oxygens (including phenoxy) is 4. The van der Waals surface area contributed by atoms with E-state index in [0.29, 0.717) is 28.6 Å². The minimum absolute atomic E-state index is 0.138. The van der Waals surface area contributed by atoms with Crippen molar-refractivity contribution in [2.24, 2.45) is 0 Å². The molecule has 91 valence electrons. The van der Waals surface area contributed by atoms with Crippen molar-refractivity contribution in [3.63, 3.8) is 0 Å². The van der Waals surface area contributed by atoms with E-state index in [0.717, 1.165) is 0 Å². The molecule has 1 aromatic rings.